The number of anilines is 1. The molecule has 1 aromatic carbocycles. The van der Waals surface area contributed by atoms with E-state index in [1.165, 1.54) is 19.2 Å². The average molecular weight is 265 g/mol. The van der Waals surface area contributed by atoms with Crippen molar-refractivity contribution in [3.8, 4) is 0 Å². The van der Waals surface area contributed by atoms with Crippen molar-refractivity contribution >= 4 is 23.5 Å². The van der Waals surface area contributed by atoms with Crippen molar-refractivity contribution in [2.45, 2.75) is 13.3 Å². The first-order valence-electron chi connectivity index (χ1n) is 5.71. The van der Waals surface area contributed by atoms with Crippen molar-refractivity contribution in [1.29, 1.82) is 0 Å². The maximum absolute atomic E-state index is 11.7. The van der Waals surface area contributed by atoms with Crippen LogP contribution in [-0.2, 0) is 14.3 Å². The zero-order chi connectivity index (χ0) is 14.4. The van der Waals surface area contributed by atoms with E-state index in [-0.39, 0.29) is 12.0 Å². The minimum Gasteiger partial charge on any atom is -0.481 e. The second kappa shape index (κ2) is 6.53. The highest BCUT2D eigenvalue weighted by Crippen LogP contribution is 2.14. The molecule has 0 heterocycles. The summed E-state index contributed by atoms with van der Waals surface area (Å²) in [7, 11) is 1.26. The largest absolute Gasteiger partial charge is 0.481 e. The van der Waals surface area contributed by atoms with Gasteiger partial charge in [-0.2, -0.15) is 0 Å². The van der Waals surface area contributed by atoms with Gasteiger partial charge in [-0.3, -0.25) is 9.59 Å². The number of amides is 1. The van der Waals surface area contributed by atoms with Gasteiger partial charge in [0.25, 0.3) is 0 Å². The van der Waals surface area contributed by atoms with Gasteiger partial charge in [0.05, 0.1) is 12.7 Å². The van der Waals surface area contributed by atoms with E-state index in [1.54, 1.807) is 19.1 Å². The molecule has 6 heteroatoms. The molecule has 0 aromatic heterocycles. The molecule has 0 fully saturated rings. The summed E-state index contributed by atoms with van der Waals surface area (Å²) in [5, 5.41) is 11.3. The fourth-order valence-electron chi connectivity index (χ4n) is 1.54. The van der Waals surface area contributed by atoms with Gasteiger partial charge in [-0.15, -0.1) is 0 Å². The number of hydrogen-bond acceptors (Lipinski definition) is 4. The molecule has 0 spiro atoms. The standard InChI is InChI=1S/C13H15NO5/c1-3-10(12(16)17)11(15)14-9-6-4-5-8(7-9)13(18)19-2/h4-7,10H,3H2,1-2H3,(H,14,15)(H,16,17). The first-order valence-corrected chi connectivity index (χ1v) is 5.71. The highest BCUT2D eigenvalue weighted by Gasteiger charge is 2.24. The summed E-state index contributed by atoms with van der Waals surface area (Å²) < 4.78 is 4.56. The molecule has 1 rings (SSSR count). The summed E-state index contributed by atoms with van der Waals surface area (Å²) in [6, 6.07) is 6.11. The Morgan fingerprint density at radius 3 is 2.58 bits per heavy atom. The molecule has 0 radical (unpaired) electrons. The Kier molecular flexibility index (Phi) is 5.05. The molecule has 0 aliphatic carbocycles. The molecule has 0 saturated carbocycles. The third-order valence-electron chi connectivity index (χ3n) is 2.57. The summed E-state index contributed by atoms with van der Waals surface area (Å²) in [5.41, 5.74) is 0.635. The zero-order valence-electron chi connectivity index (χ0n) is 10.7. The number of carboxylic acid groups (broad SMARTS) is 1. The van der Waals surface area contributed by atoms with Gasteiger partial charge in [0.15, 0.2) is 0 Å². The quantitative estimate of drug-likeness (QED) is 0.622. The Morgan fingerprint density at radius 1 is 1.37 bits per heavy atom. The van der Waals surface area contributed by atoms with Gasteiger partial charge in [-0.1, -0.05) is 13.0 Å². The van der Waals surface area contributed by atoms with Crippen LogP contribution in [0.5, 0.6) is 0 Å². The summed E-state index contributed by atoms with van der Waals surface area (Å²) in [4.78, 5) is 33.9. The number of methoxy groups -OCH3 is 1. The normalized spacial score (nSPS) is 11.5. The van der Waals surface area contributed by atoms with Crippen LogP contribution in [0.25, 0.3) is 0 Å². The number of carboxylic acids is 1. The Labute approximate surface area is 110 Å². The fourth-order valence-corrected chi connectivity index (χ4v) is 1.54. The number of hydrogen-bond donors (Lipinski definition) is 2. The lowest BCUT2D eigenvalue weighted by atomic mass is 10.1. The second-order valence-electron chi connectivity index (χ2n) is 3.86. The summed E-state index contributed by atoms with van der Waals surface area (Å²) in [5.74, 6) is -3.43. The molecule has 0 aliphatic rings. The van der Waals surface area contributed by atoms with E-state index >= 15 is 0 Å². The number of rotatable bonds is 5. The van der Waals surface area contributed by atoms with E-state index < -0.39 is 23.8 Å². The van der Waals surface area contributed by atoms with Crippen LogP contribution in [0.1, 0.15) is 23.7 Å². The molecule has 1 aromatic rings. The van der Waals surface area contributed by atoms with Gasteiger partial charge in [0, 0.05) is 5.69 Å². The third kappa shape index (κ3) is 3.80. The topological polar surface area (TPSA) is 92.7 Å². The molecular weight excluding hydrogens is 250 g/mol. The first-order chi connectivity index (χ1) is 8.99. The van der Waals surface area contributed by atoms with Gasteiger partial charge >= 0.3 is 11.9 Å². The molecule has 1 amide bonds. The van der Waals surface area contributed by atoms with E-state index in [9.17, 15) is 14.4 Å². The zero-order valence-corrected chi connectivity index (χ0v) is 10.7. The molecule has 1 unspecified atom stereocenters. The maximum atomic E-state index is 11.7. The molecule has 102 valence electrons. The van der Waals surface area contributed by atoms with Crippen LogP contribution >= 0.6 is 0 Å². The molecule has 0 saturated heterocycles. The van der Waals surface area contributed by atoms with Gasteiger partial charge < -0.3 is 15.2 Å². The monoisotopic (exact) mass is 265 g/mol. The summed E-state index contributed by atoms with van der Waals surface area (Å²) >= 11 is 0. The fraction of sp³-hybridized carbons (Fsp3) is 0.308. The lowest BCUT2D eigenvalue weighted by molar-refractivity contribution is -0.145. The second-order valence-corrected chi connectivity index (χ2v) is 3.86. The van der Waals surface area contributed by atoms with Gasteiger partial charge in [0.1, 0.15) is 5.92 Å². The smallest absolute Gasteiger partial charge is 0.337 e. The van der Waals surface area contributed by atoms with Crippen molar-refractivity contribution in [2.75, 3.05) is 12.4 Å². The van der Waals surface area contributed by atoms with Crippen LogP contribution in [0.4, 0.5) is 5.69 Å². The summed E-state index contributed by atoms with van der Waals surface area (Å²) in [6.45, 7) is 1.61. The Bertz CT molecular complexity index is 498. The number of benzene rings is 1. The molecule has 0 bridgehead atoms. The predicted octanol–water partition coefficient (Wildman–Crippen LogP) is 1.52. The molecule has 19 heavy (non-hydrogen) atoms. The lowest BCUT2D eigenvalue weighted by Gasteiger charge is -2.11. The minimum absolute atomic E-state index is 0.192. The number of nitrogens with one attached hydrogen (secondary N) is 1. The van der Waals surface area contributed by atoms with E-state index in [1.807, 2.05) is 0 Å². The molecule has 2 N–H and O–H groups in total. The minimum atomic E-state index is -1.18. The Hall–Kier alpha value is -2.37. The highest BCUT2D eigenvalue weighted by atomic mass is 16.5. The van der Waals surface area contributed by atoms with Crippen LogP contribution in [0.3, 0.4) is 0 Å². The number of aliphatic carboxylic acids is 1. The van der Waals surface area contributed by atoms with Gasteiger partial charge in [0.2, 0.25) is 5.91 Å². The van der Waals surface area contributed by atoms with E-state index in [0.29, 0.717) is 5.69 Å². The highest BCUT2D eigenvalue weighted by molar-refractivity contribution is 6.04. The van der Waals surface area contributed by atoms with Crippen molar-refractivity contribution in [3.63, 3.8) is 0 Å². The number of ether oxygens (including phenoxy) is 1. The van der Waals surface area contributed by atoms with Crippen LogP contribution in [0.2, 0.25) is 0 Å². The predicted molar refractivity (Wildman–Crippen MR) is 67.8 cm³/mol. The van der Waals surface area contributed by atoms with Crippen molar-refractivity contribution in [1.82, 2.24) is 0 Å². The molecule has 0 aliphatic heterocycles. The van der Waals surface area contributed by atoms with Crippen molar-refractivity contribution in [2.24, 2.45) is 5.92 Å². The lowest BCUT2D eigenvalue weighted by Crippen LogP contribution is -2.28. The third-order valence-corrected chi connectivity index (χ3v) is 2.57. The number of esters is 1. The van der Waals surface area contributed by atoms with Crippen LogP contribution < -0.4 is 5.32 Å². The molecule has 1 atom stereocenters. The number of carbonyl (C=O) groups excluding carboxylic acids is 2. The van der Waals surface area contributed by atoms with Crippen LogP contribution in [-0.4, -0.2) is 30.1 Å². The van der Waals surface area contributed by atoms with Crippen LogP contribution in [0.15, 0.2) is 24.3 Å². The van der Waals surface area contributed by atoms with Gasteiger partial charge in [-0.05, 0) is 24.6 Å². The van der Waals surface area contributed by atoms with Crippen LogP contribution in [0, 0.1) is 5.92 Å². The van der Waals surface area contributed by atoms with E-state index in [0.717, 1.165) is 0 Å². The number of carbonyl (C=O) groups is 3. The molecule has 6 nitrogen and oxygen atoms in total. The van der Waals surface area contributed by atoms with Crippen molar-refractivity contribution in [3.05, 3.63) is 29.8 Å². The maximum Gasteiger partial charge on any atom is 0.337 e. The average Bonchev–Trinajstić information content (AvgIpc) is 2.38. The summed E-state index contributed by atoms with van der Waals surface area (Å²) in [6.07, 6.45) is 0.192. The Morgan fingerprint density at radius 2 is 2.05 bits per heavy atom. The molecular formula is C13H15NO5. The van der Waals surface area contributed by atoms with E-state index in [2.05, 4.69) is 10.1 Å². The van der Waals surface area contributed by atoms with E-state index in [4.69, 9.17) is 5.11 Å². The SMILES string of the molecule is CCC(C(=O)O)C(=O)Nc1cccc(C(=O)OC)c1. The van der Waals surface area contributed by atoms with Gasteiger partial charge in [-0.25, -0.2) is 4.79 Å². The Balaban J connectivity index is 2.85. The first kappa shape index (κ1) is 14.7. The van der Waals surface area contributed by atoms with Crippen molar-refractivity contribution < 1.29 is 24.2 Å².